The molecular formula is C15H24N6O2S. The number of ether oxygens (including phenoxy) is 2. The van der Waals surface area contributed by atoms with Crippen molar-refractivity contribution in [2.24, 2.45) is 0 Å². The molecule has 132 valence electrons. The van der Waals surface area contributed by atoms with Crippen molar-refractivity contribution in [1.29, 1.82) is 0 Å². The molecule has 2 saturated heterocycles. The smallest absolute Gasteiger partial charge is 0.232 e. The Kier molecular flexibility index (Phi) is 6.00. The highest BCUT2D eigenvalue weighted by Crippen LogP contribution is 2.22. The average molecular weight is 352 g/mol. The molecule has 0 atom stereocenters. The highest BCUT2D eigenvalue weighted by Gasteiger charge is 2.19. The summed E-state index contributed by atoms with van der Waals surface area (Å²) in [6.07, 6.45) is 0. The van der Waals surface area contributed by atoms with Gasteiger partial charge in [-0.05, 0) is 19.1 Å². The minimum Gasteiger partial charge on any atom is -0.378 e. The number of aromatic nitrogens is 2. The molecule has 24 heavy (non-hydrogen) atoms. The van der Waals surface area contributed by atoms with Crippen molar-refractivity contribution in [2.75, 3.05) is 74.3 Å². The number of nitrogens with zero attached hydrogens (tertiary/aromatic N) is 4. The first-order valence-corrected chi connectivity index (χ1v) is 8.76. The molecule has 3 heterocycles. The van der Waals surface area contributed by atoms with Crippen molar-refractivity contribution in [2.45, 2.75) is 6.92 Å². The van der Waals surface area contributed by atoms with Crippen LogP contribution in [0.3, 0.4) is 0 Å². The second kappa shape index (κ2) is 8.41. The fourth-order valence-electron chi connectivity index (χ4n) is 2.69. The summed E-state index contributed by atoms with van der Waals surface area (Å²) in [7, 11) is 0. The quantitative estimate of drug-likeness (QED) is 0.752. The molecule has 0 unspecified atom stereocenters. The zero-order valence-electron chi connectivity index (χ0n) is 14.0. The van der Waals surface area contributed by atoms with E-state index < -0.39 is 0 Å². The second-order valence-electron chi connectivity index (χ2n) is 5.59. The molecule has 0 aliphatic carbocycles. The van der Waals surface area contributed by atoms with Crippen LogP contribution in [0.5, 0.6) is 0 Å². The van der Waals surface area contributed by atoms with Gasteiger partial charge >= 0.3 is 0 Å². The van der Waals surface area contributed by atoms with Gasteiger partial charge in [-0.2, -0.15) is 9.97 Å². The molecule has 0 amide bonds. The molecule has 1 aromatic heterocycles. The van der Waals surface area contributed by atoms with E-state index in [9.17, 15) is 0 Å². The average Bonchev–Trinajstić information content (AvgIpc) is 2.63. The summed E-state index contributed by atoms with van der Waals surface area (Å²) >= 11 is 5.27. The molecular weight excluding hydrogens is 328 g/mol. The molecule has 2 fully saturated rings. The lowest BCUT2D eigenvalue weighted by Gasteiger charge is -2.31. The number of rotatable bonds is 4. The molecule has 8 nitrogen and oxygen atoms in total. The van der Waals surface area contributed by atoms with Crippen LogP contribution in [-0.2, 0) is 9.47 Å². The molecule has 0 saturated carbocycles. The van der Waals surface area contributed by atoms with Crippen LogP contribution in [0, 0.1) is 0 Å². The fraction of sp³-hybridized carbons (Fsp3) is 0.667. The maximum atomic E-state index is 5.44. The summed E-state index contributed by atoms with van der Waals surface area (Å²) < 4.78 is 10.9. The van der Waals surface area contributed by atoms with E-state index in [1.54, 1.807) is 0 Å². The van der Waals surface area contributed by atoms with Gasteiger partial charge in [-0.15, -0.1) is 0 Å². The largest absolute Gasteiger partial charge is 0.378 e. The van der Waals surface area contributed by atoms with Gasteiger partial charge in [0, 0.05) is 38.8 Å². The minimum absolute atomic E-state index is 0.520. The number of thiocarbonyl (C=S) groups is 1. The van der Waals surface area contributed by atoms with Crippen LogP contribution >= 0.6 is 12.2 Å². The van der Waals surface area contributed by atoms with E-state index in [4.69, 9.17) is 21.7 Å². The number of hydrogen-bond donors (Lipinski definition) is 2. The first-order valence-electron chi connectivity index (χ1n) is 8.35. The Bertz CT molecular complexity index is 525. The standard InChI is InChI=1S/C15H24N6O2S/c1-2-16-15(24)19-14-17-12(20-3-7-22-8-4-20)11-13(18-14)21-5-9-23-10-6-21/h11H,2-10H2,1H3,(H2,16,17,18,19,24). The lowest BCUT2D eigenvalue weighted by atomic mass is 10.3. The minimum atomic E-state index is 0.520. The first kappa shape index (κ1) is 17.1. The maximum Gasteiger partial charge on any atom is 0.232 e. The van der Waals surface area contributed by atoms with Gasteiger partial charge in [-0.1, -0.05) is 0 Å². The van der Waals surface area contributed by atoms with E-state index in [1.165, 1.54) is 0 Å². The third-order valence-electron chi connectivity index (χ3n) is 3.93. The van der Waals surface area contributed by atoms with Crippen LogP contribution in [0.2, 0.25) is 0 Å². The molecule has 2 N–H and O–H groups in total. The molecule has 0 radical (unpaired) electrons. The number of nitrogens with one attached hydrogen (secondary N) is 2. The van der Waals surface area contributed by atoms with Gasteiger partial charge in [0.25, 0.3) is 0 Å². The van der Waals surface area contributed by atoms with Crippen molar-refractivity contribution in [1.82, 2.24) is 15.3 Å². The summed E-state index contributed by atoms with van der Waals surface area (Å²) in [5.74, 6) is 2.32. The van der Waals surface area contributed by atoms with Crippen LogP contribution in [0.25, 0.3) is 0 Å². The van der Waals surface area contributed by atoms with Crippen molar-refractivity contribution in [3.8, 4) is 0 Å². The summed E-state index contributed by atoms with van der Waals surface area (Å²) in [6, 6.07) is 2.04. The highest BCUT2D eigenvalue weighted by molar-refractivity contribution is 7.80. The predicted octanol–water partition coefficient (Wildman–Crippen LogP) is 0.456. The van der Waals surface area contributed by atoms with Crippen molar-refractivity contribution >= 4 is 34.9 Å². The molecule has 9 heteroatoms. The summed E-state index contributed by atoms with van der Waals surface area (Å²) in [5.41, 5.74) is 0. The number of anilines is 3. The van der Waals surface area contributed by atoms with Gasteiger partial charge in [0.05, 0.1) is 26.4 Å². The van der Waals surface area contributed by atoms with E-state index in [0.29, 0.717) is 11.1 Å². The van der Waals surface area contributed by atoms with Crippen molar-refractivity contribution in [3.05, 3.63) is 6.07 Å². The predicted molar refractivity (Wildman–Crippen MR) is 98.0 cm³/mol. The topological polar surface area (TPSA) is 74.8 Å². The maximum absolute atomic E-state index is 5.44. The Morgan fingerprint density at radius 1 is 1.04 bits per heavy atom. The van der Waals surface area contributed by atoms with Gasteiger partial charge in [-0.3, -0.25) is 0 Å². The zero-order chi connectivity index (χ0) is 16.8. The first-order chi connectivity index (χ1) is 11.8. The zero-order valence-corrected chi connectivity index (χ0v) is 14.8. The molecule has 2 aliphatic heterocycles. The SMILES string of the molecule is CCNC(=S)Nc1nc(N2CCOCC2)cc(N2CCOCC2)n1. The molecule has 0 bridgehead atoms. The summed E-state index contributed by atoms with van der Waals surface area (Å²) in [5, 5.41) is 6.68. The van der Waals surface area contributed by atoms with Gasteiger partial charge in [0.2, 0.25) is 5.95 Å². The van der Waals surface area contributed by atoms with E-state index in [1.807, 2.05) is 13.0 Å². The Morgan fingerprint density at radius 2 is 1.54 bits per heavy atom. The van der Waals surface area contributed by atoms with Crippen LogP contribution in [-0.4, -0.2) is 74.2 Å². The molecule has 0 aromatic carbocycles. The van der Waals surface area contributed by atoms with Gasteiger partial charge < -0.3 is 29.9 Å². The van der Waals surface area contributed by atoms with E-state index >= 15 is 0 Å². The normalized spacial score (nSPS) is 18.4. The Labute approximate surface area is 147 Å². The van der Waals surface area contributed by atoms with E-state index in [2.05, 4.69) is 30.4 Å². The Hall–Kier alpha value is -1.71. The Morgan fingerprint density at radius 3 is 2.00 bits per heavy atom. The van der Waals surface area contributed by atoms with E-state index in [0.717, 1.165) is 70.8 Å². The Balaban J connectivity index is 1.84. The number of hydrogen-bond acceptors (Lipinski definition) is 7. The van der Waals surface area contributed by atoms with Crippen LogP contribution in [0.4, 0.5) is 17.6 Å². The molecule has 3 rings (SSSR count). The van der Waals surface area contributed by atoms with Gasteiger partial charge in [0.1, 0.15) is 11.6 Å². The molecule has 2 aliphatic rings. The van der Waals surface area contributed by atoms with Gasteiger partial charge in [0.15, 0.2) is 5.11 Å². The lowest BCUT2D eigenvalue weighted by molar-refractivity contribution is 0.122. The number of morpholine rings is 2. The summed E-state index contributed by atoms with van der Waals surface area (Å²) in [6.45, 7) is 8.94. The molecule has 1 aromatic rings. The second-order valence-corrected chi connectivity index (χ2v) is 6.00. The van der Waals surface area contributed by atoms with Crippen LogP contribution in [0.1, 0.15) is 6.92 Å². The van der Waals surface area contributed by atoms with E-state index in [-0.39, 0.29) is 0 Å². The third kappa shape index (κ3) is 4.43. The third-order valence-corrected chi connectivity index (χ3v) is 4.18. The van der Waals surface area contributed by atoms with Crippen LogP contribution < -0.4 is 20.4 Å². The van der Waals surface area contributed by atoms with Crippen molar-refractivity contribution < 1.29 is 9.47 Å². The van der Waals surface area contributed by atoms with Crippen molar-refractivity contribution in [3.63, 3.8) is 0 Å². The lowest BCUT2D eigenvalue weighted by Crippen LogP contribution is -2.39. The molecule has 0 spiro atoms. The van der Waals surface area contributed by atoms with Crippen LogP contribution in [0.15, 0.2) is 6.07 Å². The van der Waals surface area contributed by atoms with Gasteiger partial charge in [-0.25, -0.2) is 0 Å². The highest BCUT2D eigenvalue weighted by atomic mass is 32.1. The fourth-order valence-corrected chi connectivity index (χ4v) is 2.93. The monoisotopic (exact) mass is 352 g/mol. The summed E-state index contributed by atoms with van der Waals surface area (Å²) in [4.78, 5) is 13.7.